The second-order valence-electron chi connectivity index (χ2n) is 7.76. The van der Waals surface area contributed by atoms with E-state index in [9.17, 15) is 15.2 Å². The van der Waals surface area contributed by atoms with Crippen LogP contribution in [-0.2, 0) is 13.0 Å². The molecule has 0 radical (unpaired) electrons. The fourth-order valence-corrected chi connectivity index (χ4v) is 3.72. The SMILES string of the molecule is CCc1ccc(-c2cccc(Oc3cc(C#N)cc(-c4cccc(CN)c4)c3)n2)c(C(=O)O)c1. The van der Waals surface area contributed by atoms with Crippen LogP contribution in [-0.4, -0.2) is 16.1 Å². The van der Waals surface area contributed by atoms with Gasteiger partial charge in [-0.25, -0.2) is 9.78 Å². The number of benzene rings is 3. The summed E-state index contributed by atoms with van der Waals surface area (Å²) in [4.78, 5) is 16.4. The van der Waals surface area contributed by atoms with E-state index in [4.69, 9.17) is 10.5 Å². The van der Waals surface area contributed by atoms with Crippen molar-refractivity contribution in [3.05, 3.63) is 101 Å². The number of nitrogens with zero attached hydrogens (tertiary/aromatic N) is 2. The van der Waals surface area contributed by atoms with E-state index >= 15 is 0 Å². The molecule has 0 aliphatic heterocycles. The van der Waals surface area contributed by atoms with Gasteiger partial charge in [-0.15, -0.1) is 0 Å². The van der Waals surface area contributed by atoms with Gasteiger partial charge in [-0.2, -0.15) is 5.26 Å². The van der Waals surface area contributed by atoms with E-state index in [-0.39, 0.29) is 5.56 Å². The van der Waals surface area contributed by atoms with Gasteiger partial charge in [0.15, 0.2) is 0 Å². The van der Waals surface area contributed by atoms with Crippen LogP contribution in [0.4, 0.5) is 0 Å². The summed E-state index contributed by atoms with van der Waals surface area (Å²) >= 11 is 0. The predicted molar refractivity (Wildman–Crippen MR) is 131 cm³/mol. The van der Waals surface area contributed by atoms with E-state index in [1.165, 1.54) is 0 Å². The van der Waals surface area contributed by atoms with Crippen LogP contribution in [0.3, 0.4) is 0 Å². The molecule has 0 aliphatic carbocycles. The topological polar surface area (TPSA) is 109 Å². The Morgan fingerprint density at radius 3 is 2.56 bits per heavy atom. The summed E-state index contributed by atoms with van der Waals surface area (Å²) in [6, 6.07) is 25.8. The van der Waals surface area contributed by atoms with Gasteiger partial charge in [0.1, 0.15) is 5.75 Å². The molecule has 0 atom stereocenters. The van der Waals surface area contributed by atoms with Crippen LogP contribution in [0.1, 0.15) is 34.0 Å². The highest BCUT2D eigenvalue weighted by Crippen LogP contribution is 2.31. The molecule has 0 aliphatic rings. The molecule has 0 saturated heterocycles. The van der Waals surface area contributed by atoms with Crippen LogP contribution in [0.15, 0.2) is 78.9 Å². The fraction of sp³-hybridized carbons (Fsp3) is 0.107. The Labute approximate surface area is 197 Å². The molecule has 0 spiro atoms. The molecular weight excluding hydrogens is 426 g/mol. The van der Waals surface area contributed by atoms with Gasteiger partial charge in [0.2, 0.25) is 5.88 Å². The van der Waals surface area contributed by atoms with Crippen molar-refractivity contribution in [3.8, 4) is 40.1 Å². The van der Waals surface area contributed by atoms with Gasteiger partial charge >= 0.3 is 5.97 Å². The number of aromatic carboxylic acids is 1. The number of ether oxygens (including phenoxy) is 1. The minimum absolute atomic E-state index is 0.192. The molecule has 6 heteroatoms. The van der Waals surface area contributed by atoms with Crippen LogP contribution in [0.25, 0.3) is 22.4 Å². The van der Waals surface area contributed by atoms with Crippen molar-refractivity contribution in [2.24, 2.45) is 5.73 Å². The highest BCUT2D eigenvalue weighted by molar-refractivity contribution is 5.95. The molecule has 0 unspecified atom stereocenters. The van der Waals surface area contributed by atoms with Crippen LogP contribution in [0, 0.1) is 11.3 Å². The Morgan fingerprint density at radius 1 is 1.00 bits per heavy atom. The Morgan fingerprint density at radius 2 is 1.82 bits per heavy atom. The number of aryl methyl sites for hydroxylation is 1. The van der Waals surface area contributed by atoms with E-state index in [1.54, 1.807) is 42.5 Å². The summed E-state index contributed by atoms with van der Waals surface area (Å²) in [5, 5.41) is 19.2. The van der Waals surface area contributed by atoms with E-state index in [1.807, 2.05) is 43.3 Å². The Bertz CT molecular complexity index is 1410. The van der Waals surface area contributed by atoms with Crippen LogP contribution in [0.5, 0.6) is 11.6 Å². The monoisotopic (exact) mass is 449 g/mol. The molecular formula is C28H23N3O3. The number of pyridine rings is 1. The number of nitriles is 1. The molecule has 1 aromatic heterocycles. The Hall–Kier alpha value is -4.47. The summed E-state index contributed by atoms with van der Waals surface area (Å²) in [7, 11) is 0. The molecule has 4 rings (SSSR count). The Kier molecular flexibility index (Phi) is 6.67. The summed E-state index contributed by atoms with van der Waals surface area (Å²) in [5.41, 5.74) is 11.1. The summed E-state index contributed by atoms with van der Waals surface area (Å²) in [6.45, 7) is 2.40. The number of carboxylic acid groups (broad SMARTS) is 1. The predicted octanol–water partition coefficient (Wildman–Crippen LogP) is 5.80. The van der Waals surface area contributed by atoms with Crippen molar-refractivity contribution in [2.75, 3.05) is 0 Å². The number of nitrogens with two attached hydrogens (primary N) is 1. The third-order valence-electron chi connectivity index (χ3n) is 5.48. The van der Waals surface area contributed by atoms with Gasteiger partial charge in [-0.1, -0.05) is 43.3 Å². The Balaban J connectivity index is 1.70. The van der Waals surface area contributed by atoms with E-state index in [0.29, 0.717) is 35.0 Å². The lowest BCUT2D eigenvalue weighted by atomic mass is 10.00. The molecule has 34 heavy (non-hydrogen) atoms. The molecule has 4 aromatic rings. The molecule has 0 amide bonds. The smallest absolute Gasteiger partial charge is 0.336 e. The van der Waals surface area contributed by atoms with Gasteiger partial charge in [0.25, 0.3) is 0 Å². The van der Waals surface area contributed by atoms with E-state index in [0.717, 1.165) is 28.7 Å². The highest BCUT2D eigenvalue weighted by atomic mass is 16.5. The number of rotatable bonds is 7. The zero-order valence-corrected chi connectivity index (χ0v) is 18.7. The zero-order chi connectivity index (χ0) is 24.1. The minimum Gasteiger partial charge on any atom is -0.478 e. The molecule has 0 bridgehead atoms. The number of aromatic nitrogens is 1. The molecule has 3 N–H and O–H groups in total. The molecule has 0 fully saturated rings. The van der Waals surface area contributed by atoms with Crippen molar-refractivity contribution in [3.63, 3.8) is 0 Å². The third kappa shape index (κ3) is 4.96. The second kappa shape index (κ2) is 9.99. The van der Waals surface area contributed by atoms with Crippen LogP contribution < -0.4 is 10.5 Å². The van der Waals surface area contributed by atoms with Gasteiger partial charge in [-0.3, -0.25) is 0 Å². The van der Waals surface area contributed by atoms with Gasteiger partial charge < -0.3 is 15.6 Å². The number of hydrogen-bond acceptors (Lipinski definition) is 5. The molecule has 3 aromatic carbocycles. The first-order valence-corrected chi connectivity index (χ1v) is 10.9. The average molecular weight is 450 g/mol. The standard InChI is InChI=1S/C28H23N3O3/c1-2-18-9-10-24(25(14-18)28(32)33)26-7-4-8-27(31-26)34-23-13-20(17-30)12-22(15-23)21-6-3-5-19(11-21)16-29/h3-15H,2,16,29H2,1H3,(H,32,33). The first-order chi connectivity index (χ1) is 16.5. The van der Waals surface area contributed by atoms with Gasteiger partial charge in [0.05, 0.1) is 22.9 Å². The number of carboxylic acids is 1. The largest absolute Gasteiger partial charge is 0.478 e. The van der Waals surface area contributed by atoms with E-state index < -0.39 is 5.97 Å². The number of hydrogen-bond donors (Lipinski definition) is 2. The van der Waals surface area contributed by atoms with Crippen molar-refractivity contribution < 1.29 is 14.6 Å². The zero-order valence-electron chi connectivity index (χ0n) is 18.7. The summed E-state index contributed by atoms with van der Waals surface area (Å²) in [5.74, 6) is -0.258. The van der Waals surface area contributed by atoms with Crippen molar-refractivity contribution in [2.45, 2.75) is 19.9 Å². The maximum atomic E-state index is 11.8. The summed E-state index contributed by atoms with van der Waals surface area (Å²) in [6.07, 6.45) is 0.739. The minimum atomic E-state index is -1.01. The summed E-state index contributed by atoms with van der Waals surface area (Å²) < 4.78 is 6.01. The van der Waals surface area contributed by atoms with Crippen molar-refractivity contribution >= 4 is 5.97 Å². The van der Waals surface area contributed by atoms with Crippen molar-refractivity contribution in [1.29, 1.82) is 5.26 Å². The van der Waals surface area contributed by atoms with E-state index in [2.05, 4.69) is 11.1 Å². The van der Waals surface area contributed by atoms with Gasteiger partial charge in [-0.05, 0) is 65.1 Å². The van der Waals surface area contributed by atoms with Crippen LogP contribution in [0.2, 0.25) is 0 Å². The highest BCUT2D eigenvalue weighted by Gasteiger charge is 2.15. The second-order valence-corrected chi connectivity index (χ2v) is 7.76. The van der Waals surface area contributed by atoms with Gasteiger partial charge in [0, 0.05) is 18.2 Å². The lowest BCUT2D eigenvalue weighted by molar-refractivity contribution is 0.0697. The number of carbonyl (C=O) groups is 1. The normalized spacial score (nSPS) is 10.5. The quantitative estimate of drug-likeness (QED) is 0.369. The molecule has 168 valence electrons. The van der Waals surface area contributed by atoms with Crippen LogP contribution >= 0.6 is 0 Å². The maximum Gasteiger partial charge on any atom is 0.336 e. The lowest BCUT2D eigenvalue weighted by Crippen LogP contribution is -2.02. The first-order valence-electron chi connectivity index (χ1n) is 10.9. The first kappa shape index (κ1) is 22.7. The lowest BCUT2D eigenvalue weighted by Gasteiger charge is -2.11. The maximum absolute atomic E-state index is 11.8. The van der Waals surface area contributed by atoms with Crippen molar-refractivity contribution in [1.82, 2.24) is 4.98 Å². The molecule has 0 saturated carbocycles. The third-order valence-corrected chi connectivity index (χ3v) is 5.48. The molecule has 1 heterocycles. The average Bonchev–Trinajstić information content (AvgIpc) is 2.88. The molecule has 6 nitrogen and oxygen atoms in total. The fourth-order valence-electron chi connectivity index (χ4n) is 3.72.